The largest absolute Gasteiger partial charge is 0.476 e. The maximum absolute atomic E-state index is 11.2. The standard InChI is InChI=1S/C19H16N6O2/c1-11-16(22-24-25(11)2)14-7-3-12(4-8-14)13-5-9-15(10-6-13)17-18(19(26)27)21-23-20-17/h3-10H,1-2H3,(H,26,27)(H,20,21,23). The van der Waals surface area contributed by atoms with E-state index in [1.165, 1.54) is 0 Å². The first-order chi connectivity index (χ1) is 13.0. The molecular weight excluding hydrogens is 344 g/mol. The summed E-state index contributed by atoms with van der Waals surface area (Å²) in [6, 6.07) is 15.6. The molecule has 8 heteroatoms. The lowest BCUT2D eigenvalue weighted by molar-refractivity contribution is 0.0691. The van der Waals surface area contributed by atoms with Crippen LogP contribution in [0.3, 0.4) is 0 Å². The zero-order valence-electron chi connectivity index (χ0n) is 14.7. The first-order valence-corrected chi connectivity index (χ1v) is 8.26. The molecule has 2 N–H and O–H groups in total. The van der Waals surface area contributed by atoms with Gasteiger partial charge in [-0.25, -0.2) is 4.79 Å². The topological polar surface area (TPSA) is 110 Å². The van der Waals surface area contributed by atoms with Gasteiger partial charge in [-0.2, -0.15) is 10.3 Å². The van der Waals surface area contributed by atoms with Crippen LogP contribution in [-0.2, 0) is 7.05 Å². The third-order valence-corrected chi connectivity index (χ3v) is 4.51. The molecule has 0 bridgehead atoms. The lowest BCUT2D eigenvalue weighted by atomic mass is 10.00. The average molecular weight is 360 g/mol. The predicted octanol–water partition coefficient (Wildman–Crippen LogP) is 2.94. The Bertz CT molecular complexity index is 1110. The summed E-state index contributed by atoms with van der Waals surface area (Å²) in [7, 11) is 1.87. The van der Waals surface area contributed by atoms with Crippen LogP contribution in [-0.4, -0.2) is 41.5 Å². The van der Waals surface area contributed by atoms with E-state index in [0.29, 0.717) is 11.3 Å². The Morgan fingerprint density at radius 1 is 0.889 bits per heavy atom. The fraction of sp³-hybridized carbons (Fsp3) is 0.105. The number of carboxylic acids is 1. The lowest BCUT2D eigenvalue weighted by Gasteiger charge is -2.05. The third-order valence-electron chi connectivity index (χ3n) is 4.51. The molecule has 0 saturated heterocycles. The predicted molar refractivity (Wildman–Crippen MR) is 98.9 cm³/mol. The number of aryl methyl sites for hydroxylation is 1. The van der Waals surface area contributed by atoms with Crippen LogP contribution < -0.4 is 0 Å². The highest BCUT2D eigenvalue weighted by atomic mass is 16.4. The second kappa shape index (κ2) is 6.49. The van der Waals surface area contributed by atoms with Gasteiger partial charge in [-0.1, -0.05) is 53.7 Å². The van der Waals surface area contributed by atoms with E-state index >= 15 is 0 Å². The number of aromatic carboxylic acids is 1. The Hall–Kier alpha value is -3.81. The molecule has 0 fully saturated rings. The molecule has 0 amide bonds. The van der Waals surface area contributed by atoms with Gasteiger partial charge >= 0.3 is 5.97 Å². The number of hydrogen-bond acceptors (Lipinski definition) is 5. The van der Waals surface area contributed by atoms with Gasteiger partial charge in [0.2, 0.25) is 0 Å². The van der Waals surface area contributed by atoms with Gasteiger partial charge < -0.3 is 5.11 Å². The van der Waals surface area contributed by atoms with E-state index in [0.717, 1.165) is 28.1 Å². The monoisotopic (exact) mass is 360 g/mol. The first-order valence-electron chi connectivity index (χ1n) is 8.26. The van der Waals surface area contributed by atoms with Crippen molar-refractivity contribution in [3.63, 3.8) is 0 Å². The zero-order valence-corrected chi connectivity index (χ0v) is 14.7. The Morgan fingerprint density at radius 3 is 1.89 bits per heavy atom. The minimum Gasteiger partial charge on any atom is -0.476 e. The Labute approximate surface area is 154 Å². The second-order valence-electron chi connectivity index (χ2n) is 6.13. The minimum atomic E-state index is -1.11. The molecule has 8 nitrogen and oxygen atoms in total. The van der Waals surface area contributed by atoms with Gasteiger partial charge in [0, 0.05) is 18.2 Å². The van der Waals surface area contributed by atoms with Gasteiger partial charge in [0.1, 0.15) is 11.4 Å². The summed E-state index contributed by atoms with van der Waals surface area (Å²) < 4.78 is 1.75. The van der Waals surface area contributed by atoms with E-state index in [2.05, 4.69) is 25.7 Å². The van der Waals surface area contributed by atoms with Gasteiger partial charge in [-0.15, -0.1) is 10.2 Å². The van der Waals surface area contributed by atoms with Crippen LogP contribution >= 0.6 is 0 Å². The fourth-order valence-electron chi connectivity index (χ4n) is 2.89. The fourth-order valence-corrected chi connectivity index (χ4v) is 2.89. The van der Waals surface area contributed by atoms with E-state index in [9.17, 15) is 4.79 Å². The van der Waals surface area contributed by atoms with E-state index < -0.39 is 5.97 Å². The quantitative estimate of drug-likeness (QED) is 0.579. The second-order valence-corrected chi connectivity index (χ2v) is 6.13. The highest BCUT2D eigenvalue weighted by Crippen LogP contribution is 2.27. The van der Waals surface area contributed by atoms with Crippen molar-refractivity contribution in [2.45, 2.75) is 6.92 Å². The van der Waals surface area contributed by atoms with Crippen molar-refractivity contribution in [3.8, 4) is 33.6 Å². The average Bonchev–Trinajstić information content (AvgIpc) is 3.30. The summed E-state index contributed by atoms with van der Waals surface area (Å²) in [6.07, 6.45) is 0. The van der Waals surface area contributed by atoms with E-state index in [4.69, 9.17) is 5.11 Å². The van der Waals surface area contributed by atoms with Gasteiger partial charge in [0.05, 0.1) is 5.69 Å². The summed E-state index contributed by atoms with van der Waals surface area (Å²) in [6.45, 7) is 1.98. The summed E-state index contributed by atoms with van der Waals surface area (Å²) in [4.78, 5) is 11.2. The van der Waals surface area contributed by atoms with Crippen LogP contribution in [0.5, 0.6) is 0 Å². The number of carboxylic acid groups (broad SMARTS) is 1. The smallest absolute Gasteiger partial charge is 0.358 e. The number of nitrogens with one attached hydrogen (secondary N) is 1. The molecule has 0 atom stereocenters. The molecule has 0 aliphatic rings. The SMILES string of the molecule is Cc1c(-c2ccc(-c3ccc(-c4n[nH]nc4C(=O)O)cc3)cc2)nnn1C. The lowest BCUT2D eigenvalue weighted by Crippen LogP contribution is -1.99. The number of nitrogens with zero attached hydrogens (tertiary/aromatic N) is 5. The molecule has 2 aromatic heterocycles. The van der Waals surface area contributed by atoms with Crippen molar-refractivity contribution < 1.29 is 9.90 Å². The van der Waals surface area contributed by atoms with Crippen molar-refractivity contribution in [3.05, 3.63) is 59.9 Å². The molecule has 0 unspecified atom stereocenters. The Kier molecular flexibility index (Phi) is 4.00. The maximum Gasteiger partial charge on any atom is 0.358 e. The number of carbonyl (C=O) groups is 1. The number of hydrogen-bond donors (Lipinski definition) is 2. The molecule has 27 heavy (non-hydrogen) atoms. The highest BCUT2D eigenvalue weighted by molar-refractivity contribution is 5.92. The molecule has 0 aliphatic heterocycles. The zero-order chi connectivity index (χ0) is 19.0. The summed E-state index contributed by atoms with van der Waals surface area (Å²) >= 11 is 0. The van der Waals surface area contributed by atoms with Gasteiger partial charge in [-0.3, -0.25) is 4.68 Å². The highest BCUT2D eigenvalue weighted by Gasteiger charge is 2.16. The molecule has 2 aromatic carbocycles. The van der Waals surface area contributed by atoms with Gasteiger partial charge in [0.25, 0.3) is 0 Å². The molecule has 4 rings (SSSR count). The van der Waals surface area contributed by atoms with Crippen molar-refractivity contribution in [2.75, 3.05) is 0 Å². The van der Waals surface area contributed by atoms with Crippen LogP contribution in [0.25, 0.3) is 33.6 Å². The molecular formula is C19H16N6O2. The molecule has 0 spiro atoms. The van der Waals surface area contributed by atoms with Crippen molar-refractivity contribution in [2.24, 2.45) is 7.05 Å². The number of H-pyrrole nitrogens is 1. The first kappa shape index (κ1) is 16.6. The van der Waals surface area contributed by atoms with Crippen LogP contribution in [0.1, 0.15) is 16.2 Å². The number of rotatable bonds is 4. The van der Waals surface area contributed by atoms with Gasteiger partial charge in [0.15, 0.2) is 5.69 Å². The number of aromatic amines is 1. The summed E-state index contributed by atoms with van der Waals surface area (Å²) in [5.74, 6) is -1.11. The molecule has 0 radical (unpaired) electrons. The molecule has 134 valence electrons. The third kappa shape index (κ3) is 2.97. The van der Waals surface area contributed by atoms with Gasteiger partial charge in [-0.05, 0) is 18.1 Å². The minimum absolute atomic E-state index is 0.0913. The normalized spacial score (nSPS) is 10.9. The molecule has 0 saturated carbocycles. The van der Waals surface area contributed by atoms with Crippen LogP contribution in [0.2, 0.25) is 0 Å². The van der Waals surface area contributed by atoms with Crippen molar-refractivity contribution >= 4 is 5.97 Å². The summed E-state index contributed by atoms with van der Waals surface area (Å²) in [5.41, 5.74) is 5.87. The van der Waals surface area contributed by atoms with Crippen LogP contribution in [0.15, 0.2) is 48.5 Å². The van der Waals surface area contributed by atoms with E-state index in [1.54, 1.807) is 4.68 Å². The van der Waals surface area contributed by atoms with E-state index in [1.807, 2.05) is 62.5 Å². The maximum atomic E-state index is 11.2. The molecule has 0 aliphatic carbocycles. The molecule has 2 heterocycles. The van der Waals surface area contributed by atoms with Crippen molar-refractivity contribution in [1.29, 1.82) is 0 Å². The summed E-state index contributed by atoms with van der Waals surface area (Å²) in [5, 5.41) is 27.4. The van der Waals surface area contributed by atoms with Crippen LogP contribution in [0.4, 0.5) is 0 Å². The van der Waals surface area contributed by atoms with Crippen molar-refractivity contribution in [1.82, 2.24) is 30.4 Å². The Balaban J connectivity index is 1.62. The van der Waals surface area contributed by atoms with E-state index in [-0.39, 0.29) is 5.69 Å². The Morgan fingerprint density at radius 2 is 1.41 bits per heavy atom. The number of aromatic nitrogens is 6. The molecule has 4 aromatic rings. The van der Waals surface area contributed by atoms with Crippen LogP contribution in [0, 0.1) is 6.92 Å². The number of benzene rings is 2.